The maximum atomic E-state index is 12.8. The minimum atomic E-state index is -0.446. The van der Waals surface area contributed by atoms with Gasteiger partial charge >= 0.3 is 0 Å². The molecule has 2 N–H and O–H groups in total. The Bertz CT molecular complexity index is 260. The first-order valence-electron chi connectivity index (χ1n) is 3.23. The SMILES string of the molecule is C=C[C@@H](N)c1ccncc1F. The first-order valence-corrected chi connectivity index (χ1v) is 3.23. The second-order valence-corrected chi connectivity index (χ2v) is 2.16. The second-order valence-electron chi connectivity index (χ2n) is 2.16. The minimum Gasteiger partial charge on any atom is -0.321 e. The molecule has 58 valence electrons. The smallest absolute Gasteiger partial charge is 0.146 e. The van der Waals surface area contributed by atoms with E-state index in [1.54, 1.807) is 6.07 Å². The average molecular weight is 152 g/mol. The van der Waals surface area contributed by atoms with Crippen molar-refractivity contribution in [2.45, 2.75) is 6.04 Å². The molecule has 1 atom stereocenters. The first kappa shape index (κ1) is 7.88. The Balaban J connectivity index is 3.02. The molecule has 0 aliphatic heterocycles. The molecule has 0 aliphatic rings. The fraction of sp³-hybridized carbons (Fsp3) is 0.125. The molecule has 1 rings (SSSR count). The van der Waals surface area contributed by atoms with Crippen molar-refractivity contribution < 1.29 is 4.39 Å². The van der Waals surface area contributed by atoms with Crippen LogP contribution in [0.15, 0.2) is 31.1 Å². The number of hydrogen-bond acceptors (Lipinski definition) is 2. The van der Waals surface area contributed by atoms with Crippen molar-refractivity contribution >= 4 is 0 Å². The molecular formula is C8H9FN2. The zero-order valence-electron chi connectivity index (χ0n) is 6.00. The molecule has 11 heavy (non-hydrogen) atoms. The summed E-state index contributed by atoms with van der Waals surface area (Å²) >= 11 is 0. The third-order valence-corrected chi connectivity index (χ3v) is 1.42. The molecule has 1 heterocycles. The van der Waals surface area contributed by atoms with Gasteiger partial charge < -0.3 is 5.73 Å². The fourth-order valence-electron chi connectivity index (χ4n) is 0.783. The predicted octanol–water partition coefficient (Wildman–Crippen LogP) is 1.41. The largest absolute Gasteiger partial charge is 0.321 e. The molecule has 1 aromatic rings. The van der Waals surface area contributed by atoms with E-state index in [9.17, 15) is 4.39 Å². The van der Waals surface area contributed by atoms with E-state index in [-0.39, 0.29) is 5.82 Å². The molecule has 0 spiro atoms. The monoisotopic (exact) mass is 152 g/mol. The molecule has 0 unspecified atom stereocenters. The quantitative estimate of drug-likeness (QED) is 0.650. The van der Waals surface area contributed by atoms with E-state index in [1.807, 2.05) is 0 Å². The Morgan fingerprint density at radius 1 is 1.73 bits per heavy atom. The Kier molecular flexibility index (Phi) is 2.33. The van der Waals surface area contributed by atoms with Crippen LogP contribution < -0.4 is 5.73 Å². The zero-order valence-corrected chi connectivity index (χ0v) is 6.00. The van der Waals surface area contributed by atoms with Crippen LogP contribution in [-0.4, -0.2) is 4.98 Å². The fourth-order valence-corrected chi connectivity index (χ4v) is 0.783. The second kappa shape index (κ2) is 3.25. The molecule has 0 fully saturated rings. The van der Waals surface area contributed by atoms with E-state index in [0.29, 0.717) is 5.56 Å². The highest BCUT2D eigenvalue weighted by molar-refractivity contribution is 5.20. The lowest BCUT2D eigenvalue weighted by Gasteiger charge is -2.05. The van der Waals surface area contributed by atoms with Crippen molar-refractivity contribution in [3.8, 4) is 0 Å². The van der Waals surface area contributed by atoms with Gasteiger partial charge in [-0.25, -0.2) is 4.39 Å². The average Bonchev–Trinajstić information content (AvgIpc) is 2.04. The molecule has 1 aromatic heterocycles. The lowest BCUT2D eigenvalue weighted by atomic mass is 10.1. The number of pyridine rings is 1. The van der Waals surface area contributed by atoms with Crippen molar-refractivity contribution in [3.63, 3.8) is 0 Å². The van der Waals surface area contributed by atoms with E-state index < -0.39 is 6.04 Å². The van der Waals surface area contributed by atoms with E-state index in [1.165, 1.54) is 12.3 Å². The van der Waals surface area contributed by atoms with Gasteiger partial charge in [-0.3, -0.25) is 4.98 Å². The van der Waals surface area contributed by atoms with E-state index in [0.717, 1.165) is 6.20 Å². The third-order valence-electron chi connectivity index (χ3n) is 1.42. The Morgan fingerprint density at radius 3 is 3.00 bits per heavy atom. The maximum Gasteiger partial charge on any atom is 0.146 e. The van der Waals surface area contributed by atoms with Crippen LogP contribution in [0.5, 0.6) is 0 Å². The van der Waals surface area contributed by atoms with Gasteiger partial charge in [-0.1, -0.05) is 6.08 Å². The van der Waals surface area contributed by atoms with E-state index in [4.69, 9.17) is 5.73 Å². The van der Waals surface area contributed by atoms with Gasteiger partial charge in [0.05, 0.1) is 12.2 Å². The standard InChI is InChI=1S/C8H9FN2/c1-2-8(10)6-3-4-11-5-7(6)9/h2-5,8H,1,10H2/t8-/m1/s1. The lowest BCUT2D eigenvalue weighted by Crippen LogP contribution is -2.08. The summed E-state index contributed by atoms with van der Waals surface area (Å²) in [4.78, 5) is 3.60. The molecule has 3 heteroatoms. The van der Waals surface area contributed by atoms with Crippen LogP contribution >= 0.6 is 0 Å². The number of aromatic nitrogens is 1. The molecule has 0 radical (unpaired) electrons. The number of nitrogens with zero attached hydrogens (tertiary/aromatic N) is 1. The van der Waals surface area contributed by atoms with Gasteiger partial charge in [0, 0.05) is 11.8 Å². The number of rotatable bonds is 2. The zero-order chi connectivity index (χ0) is 8.27. The van der Waals surface area contributed by atoms with Crippen LogP contribution in [0.2, 0.25) is 0 Å². The summed E-state index contributed by atoms with van der Waals surface area (Å²) < 4.78 is 12.8. The Labute approximate surface area is 64.6 Å². The predicted molar refractivity (Wildman–Crippen MR) is 41.3 cm³/mol. The molecule has 0 saturated heterocycles. The summed E-state index contributed by atoms with van der Waals surface area (Å²) in [7, 11) is 0. The number of nitrogens with two attached hydrogens (primary N) is 1. The summed E-state index contributed by atoms with van der Waals surface area (Å²) in [6.45, 7) is 3.47. The third kappa shape index (κ3) is 1.62. The molecule has 2 nitrogen and oxygen atoms in total. The van der Waals surface area contributed by atoms with E-state index >= 15 is 0 Å². The summed E-state index contributed by atoms with van der Waals surface area (Å²) in [6.07, 6.45) is 4.12. The molecule has 0 aliphatic carbocycles. The highest BCUT2D eigenvalue weighted by Crippen LogP contribution is 2.13. The molecule has 0 aromatic carbocycles. The Hall–Kier alpha value is -1.22. The maximum absolute atomic E-state index is 12.8. The van der Waals surface area contributed by atoms with Crippen molar-refractivity contribution in [1.29, 1.82) is 0 Å². The molecular weight excluding hydrogens is 143 g/mol. The summed E-state index contributed by atoms with van der Waals surface area (Å²) in [5, 5.41) is 0. The lowest BCUT2D eigenvalue weighted by molar-refractivity contribution is 0.596. The van der Waals surface area contributed by atoms with Gasteiger partial charge in [0.15, 0.2) is 0 Å². The van der Waals surface area contributed by atoms with Gasteiger partial charge in [0.25, 0.3) is 0 Å². The normalized spacial score (nSPS) is 12.5. The summed E-state index contributed by atoms with van der Waals surface area (Å²) in [6, 6.07) is 1.10. The van der Waals surface area contributed by atoms with Crippen LogP contribution in [0.25, 0.3) is 0 Å². The van der Waals surface area contributed by atoms with Gasteiger partial charge in [-0.15, -0.1) is 6.58 Å². The minimum absolute atomic E-state index is 0.389. The van der Waals surface area contributed by atoms with Gasteiger partial charge in [-0.2, -0.15) is 0 Å². The molecule has 0 bridgehead atoms. The number of hydrogen-bond donors (Lipinski definition) is 1. The highest BCUT2D eigenvalue weighted by atomic mass is 19.1. The molecule has 0 amide bonds. The number of halogens is 1. The summed E-state index contributed by atoms with van der Waals surface area (Å²) in [5.74, 6) is -0.389. The van der Waals surface area contributed by atoms with Crippen LogP contribution in [0.3, 0.4) is 0 Å². The Morgan fingerprint density at radius 2 is 2.45 bits per heavy atom. The van der Waals surface area contributed by atoms with Crippen molar-refractivity contribution in [2.75, 3.05) is 0 Å². The van der Waals surface area contributed by atoms with Crippen molar-refractivity contribution in [1.82, 2.24) is 4.98 Å². The first-order chi connectivity index (χ1) is 5.25. The van der Waals surface area contributed by atoms with Crippen LogP contribution in [0, 0.1) is 5.82 Å². The van der Waals surface area contributed by atoms with Crippen molar-refractivity contribution in [2.24, 2.45) is 5.73 Å². The van der Waals surface area contributed by atoms with Gasteiger partial charge in [0.2, 0.25) is 0 Å². The summed E-state index contributed by atoms with van der Waals surface area (Å²) in [5.41, 5.74) is 5.94. The van der Waals surface area contributed by atoms with E-state index in [2.05, 4.69) is 11.6 Å². The van der Waals surface area contributed by atoms with Crippen LogP contribution in [0.4, 0.5) is 4.39 Å². The van der Waals surface area contributed by atoms with Crippen LogP contribution in [-0.2, 0) is 0 Å². The highest BCUT2D eigenvalue weighted by Gasteiger charge is 2.05. The molecule has 0 saturated carbocycles. The van der Waals surface area contributed by atoms with Crippen molar-refractivity contribution in [3.05, 3.63) is 42.5 Å². The van der Waals surface area contributed by atoms with Crippen LogP contribution in [0.1, 0.15) is 11.6 Å². The van der Waals surface area contributed by atoms with Gasteiger partial charge in [0.1, 0.15) is 5.82 Å². The topological polar surface area (TPSA) is 38.9 Å². The van der Waals surface area contributed by atoms with Gasteiger partial charge in [-0.05, 0) is 6.07 Å².